The van der Waals surface area contributed by atoms with Crippen molar-refractivity contribution in [1.29, 1.82) is 0 Å². The van der Waals surface area contributed by atoms with Crippen LogP contribution in [0.25, 0.3) is 0 Å². The fraction of sp³-hybridized carbons (Fsp3) is 1.00. The molecule has 0 aromatic rings. The maximum Gasteiger partial charge on any atom is 0.150 e. The molecule has 2 nitrogen and oxygen atoms in total. The van der Waals surface area contributed by atoms with Crippen molar-refractivity contribution in [3.8, 4) is 0 Å². The third kappa shape index (κ3) is 4.39. The summed E-state index contributed by atoms with van der Waals surface area (Å²) in [5, 5.41) is 0. The second-order valence-corrected chi connectivity index (χ2v) is 4.25. The number of hydrogen-bond acceptors (Lipinski definition) is 2. The van der Waals surface area contributed by atoms with E-state index in [1.54, 1.807) is 6.92 Å². The Morgan fingerprint density at radius 3 is 2.33 bits per heavy atom. The van der Waals surface area contributed by atoms with Crippen LogP contribution in [0.2, 0.25) is 0 Å². The van der Waals surface area contributed by atoms with Gasteiger partial charge in [-0.1, -0.05) is 6.92 Å². The molecule has 0 bridgehead atoms. The molecule has 56 valence electrons. The highest BCUT2D eigenvalue weighted by Crippen LogP contribution is 1.92. The van der Waals surface area contributed by atoms with Crippen LogP contribution in [-0.4, -0.2) is 26.6 Å². The Bertz CT molecular complexity index is 150. The van der Waals surface area contributed by atoms with Crippen molar-refractivity contribution < 1.29 is 12.8 Å². The molecule has 0 amide bonds. The molecule has 9 heavy (non-hydrogen) atoms. The highest BCUT2D eigenvalue weighted by atomic mass is 32.2. The van der Waals surface area contributed by atoms with E-state index in [1.807, 2.05) is 0 Å². The van der Waals surface area contributed by atoms with Crippen LogP contribution in [-0.2, 0) is 9.84 Å². The summed E-state index contributed by atoms with van der Waals surface area (Å²) in [7, 11) is -2.92. The molecular formula is C5H11FO2S. The van der Waals surface area contributed by atoms with Crippen LogP contribution in [0.5, 0.6) is 0 Å². The minimum atomic E-state index is -2.92. The Morgan fingerprint density at radius 1 is 1.44 bits per heavy atom. The van der Waals surface area contributed by atoms with E-state index in [2.05, 4.69) is 0 Å². The molecule has 4 heteroatoms. The van der Waals surface area contributed by atoms with Gasteiger partial charge in [-0.05, 0) is 6.42 Å². The van der Waals surface area contributed by atoms with E-state index in [1.165, 1.54) is 0 Å². The molecule has 0 aliphatic heterocycles. The van der Waals surface area contributed by atoms with Gasteiger partial charge in [-0.2, -0.15) is 0 Å². The molecule has 0 radical (unpaired) electrons. The predicted molar refractivity (Wildman–Crippen MR) is 34.9 cm³/mol. The lowest BCUT2D eigenvalue weighted by atomic mass is 10.6. The molecule has 0 saturated carbocycles. The van der Waals surface area contributed by atoms with Gasteiger partial charge in [0, 0.05) is 5.75 Å². The lowest BCUT2D eigenvalue weighted by molar-refractivity contribution is 0.484. The Morgan fingerprint density at radius 2 is 2.00 bits per heavy atom. The van der Waals surface area contributed by atoms with Crippen LogP contribution in [0, 0.1) is 0 Å². The first-order valence-corrected chi connectivity index (χ1v) is 4.71. The van der Waals surface area contributed by atoms with Crippen LogP contribution < -0.4 is 0 Å². The average molecular weight is 154 g/mol. The first kappa shape index (κ1) is 8.88. The zero-order chi connectivity index (χ0) is 7.33. The van der Waals surface area contributed by atoms with Gasteiger partial charge in [-0.15, -0.1) is 0 Å². The molecule has 0 saturated heterocycles. The van der Waals surface area contributed by atoms with Gasteiger partial charge < -0.3 is 0 Å². The van der Waals surface area contributed by atoms with Gasteiger partial charge in [-0.25, -0.2) is 8.42 Å². The lowest BCUT2D eigenvalue weighted by Crippen LogP contribution is -2.08. The molecule has 0 fully saturated rings. The van der Waals surface area contributed by atoms with E-state index in [0.29, 0.717) is 0 Å². The SMILES string of the molecule is CCS(=O)(=O)CCCF. The number of alkyl halides is 1. The molecule has 0 N–H and O–H groups in total. The summed E-state index contributed by atoms with van der Waals surface area (Å²) < 4.78 is 32.6. The maximum absolute atomic E-state index is 11.4. The van der Waals surface area contributed by atoms with Crippen molar-refractivity contribution >= 4 is 9.84 Å². The van der Waals surface area contributed by atoms with Crippen LogP contribution in [0.4, 0.5) is 4.39 Å². The summed E-state index contributed by atoms with van der Waals surface area (Å²) in [6.45, 7) is 1.02. The molecule has 0 aliphatic carbocycles. The zero-order valence-electron chi connectivity index (χ0n) is 5.43. The Balaban J connectivity index is 3.61. The molecule has 0 spiro atoms. The van der Waals surface area contributed by atoms with Crippen molar-refractivity contribution in [1.82, 2.24) is 0 Å². The summed E-state index contributed by atoms with van der Waals surface area (Å²) in [5.74, 6) is 0.104. The molecule has 0 aromatic heterocycles. The van der Waals surface area contributed by atoms with Crippen molar-refractivity contribution in [2.75, 3.05) is 18.2 Å². The topological polar surface area (TPSA) is 34.1 Å². The smallest absolute Gasteiger partial charge is 0.150 e. The Hall–Kier alpha value is -0.120. The van der Waals surface area contributed by atoms with Crippen molar-refractivity contribution in [3.05, 3.63) is 0 Å². The summed E-state index contributed by atoms with van der Waals surface area (Å²) in [5.41, 5.74) is 0. The lowest BCUT2D eigenvalue weighted by Gasteiger charge is -1.95. The largest absolute Gasteiger partial charge is 0.251 e. The zero-order valence-corrected chi connectivity index (χ0v) is 6.25. The minimum Gasteiger partial charge on any atom is -0.251 e. The van der Waals surface area contributed by atoms with E-state index in [0.717, 1.165) is 0 Å². The molecule has 0 atom stereocenters. The fourth-order valence-corrected chi connectivity index (χ4v) is 1.26. The second-order valence-electron chi connectivity index (χ2n) is 1.78. The average Bonchev–Trinajstić information content (AvgIpc) is 1.84. The first-order chi connectivity index (χ1) is 4.12. The highest BCUT2D eigenvalue weighted by molar-refractivity contribution is 7.91. The molecule has 0 aliphatic rings. The van der Waals surface area contributed by atoms with Gasteiger partial charge in [0.05, 0.1) is 12.4 Å². The van der Waals surface area contributed by atoms with Gasteiger partial charge in [0.15, 0.2) is 0 Å². The molecule has 0 rings (SSSR count). The monoisotopic (exact) mass is 154 g/mol. The van der Waals surface area contributed by atoms with E-state index >= 15 is 0 Å². The third-order valence-corrected chi connectivity index (χ3v) is 2.82. The van der Waals surface area contributed by atoms with Gasteiger partial charge in [0.25, 0.3) is 0 Å². The summed E-state index contributed by atoms with van der Waals surface area (Å²) in [4.78, 5) is 0. The van der Waals surface area contributed by atoms with Crippen LogP contribution in [0.15, 0.2) is 0 Å². The molecule has 0 heterocycles. The van der Waals surface area contributed by atoms with E-state index < -0.39 is 16.5 Å². The highest BCUT2D eigenvalue weighted by Gasteiger charge is 2.04. The number of sulfone groups is 1. The predicted octanol–water partition coefficient (Wildman–Crippen LogP) is 0.781. The Labute approximate surface area is 55.0 Å². The normalized spacial score (nSPS) is 11.8. The molecular weight excluding hydrogens is 143 g/mol. The van der Waals surface area contributed by atoms with Crippen LogP contribution >= 0.6 is 0 Å². The van der Waals surface area contributed by atoms with Gasteiger partial charge >= 0.3 is 0 Å². The van der Waals surface area contributed by atoms with E-state index in [9.17, 15) is 12.8 Å². The van der Waals surface area contributed by atoms with Crippen molar-refractivity contribution in [2.45, 2.75) is 13.3 Å². The van der Waals surface area contributed by atoms with E-state index in [4.69, 9.17) is 0 Å². The minimum absolute atomic E-state index is 0.0139. The number of halogens is 1. The first-order valence-electron chi connectivity index (χ1n) is 2.89. The standard InChI is InChI=1S/C5H11FO2S/c1-2-9(7,8)5-3-4-6/h2-5H2,1H3. The molecule has 0 unspecified atom stereocenters. The third-order valence-electron chi connectivity index (χ3n) is 1.03. The number of rotatable bonds is 4. The molecule has 0 aromatic carbocycles. The number of hydrogen-bond donors (Lipinski definition) is 0. The van der Waals surface area contributed by atoms with Gasteiger partial charge in [-0.3, -0.25) is 4.39 Å². The summed E-state index contributed by atoms with van der Waals surface area (Å²) in [6.07, 6.45) is 0.135. The fourth-order valence-electron chi connectivity index (χ4n) is 0.419. The van der Waals surface area contributed by atoms with Gasteiger partial charge in [0.1, 0.15) is 9.84 Å². The summed E-state index contributed by atoms with van der Waals surface area (Å²) >= 11 is 0. The van der Waals surface area contributed by atoms with Crippen LogP contribution in [0.3, 0.4) is 0 Å². The Kier molecular flexibility index (Phi) is 3.77. The summed E-state index contributed by atoms with van der Waals surface area (Å²) in [6, 6.07) is 0. The quantitative estimate of drug-likeness (QED) is 0.599. The van der Waals surface area contributed by atoms with Crippen LogP contribution in [0.1, 0.15) is 13.3 Å². The van der Waals surface area contributed by atoms with Crippen molar-refractivity contribution in [3.63, 3.8) is 0 Å². The van der Waals surface area contributed by atoms with E-state index in [-0.39, 0.29) is 17.9 Å². The second kappa shape index (κ2) is 3.82. The maximum atomic E-state index is 11.4. The van der Waals surface area contributed by atoms with Crippen molar-refractivity contribution in [2.24, 2.45) is 0 Å². The van der Waals surface area contributed by atoms with Gasteiger partial charge in [0.2, 0.25) is 0 Å².